The Morgan fingerprint density at radius 1 is 0.765 bits per heavy atom. The number of carbonyl (C=O) groups is 2. The van der Waals surface area contributed by atoms with E-state index in [1.807, 2.05) is 47.0 Å². The van der Waals surface area contributed by atoms with Gasteiger partial charge in [0.25, 0.3) is 0 Å². The lowest BCUT2D eigenvalue weighted by molar-refractivity contribution is -0.107. The molecule has 0 spiro atoms. The first-order chi connectivity index (χ1) is 16.6. The Labute approximate surface area is 239 Å². The largest absolute Gasteiger partial charge is 0.282 e. The summed E-state index contributed by atoms with van der Waals surface area (Å²) in [6.07, 6.45) is 8.36. The van der Waals surface area contributed by atoms with Crippen LogP contribution in [0.2, 0.25) is 0 Å². The van der Waals surface area contributed by atoms with Crippen LogP contribution in [0.4, 0.5) is 0 Å². The third kappa shape index (κ3) is 11.2. The molecule has 2 unspecified atom stereocenters. The molecule has 0 amide bonds. The van der Waals surface area contributed by atoms with E-state index in [1.165, 1.54) is 94.2 Å². The summed E-state index contributed by atoms with van der Waals surface area (Å²) in [6.45, 7) is 7.07. The van der Waals surface area contributed by atoms with Gasteiger partial charge in [-0.3, -0.25) is 9.59 Å². The summed E-state index contributed by atoms with van der Waals surface area (Å²) in [4.78, 5) is 25.4. The van der Waals surface area contributed by atoms with Crippen molar-refractivity contribution in [1.82, 2.24) is 0 Å². The highest BCUT2D eigenvalue weighted by Crippen LogP contribution is 2.44. The summed E-state index contributed by atoms with van der Waals surface area (Å²) in [6, 6.07) is 0. The van der Waals surface area contributed by atoms with Crippen molar-refractivity contribution >= 4 is 104 Å². The van der Waals surface area contributed by atoms with Gasteiger partial charge in [0.05, 0.1) is 9.16 Å². The van der Waals surface area contributed by atoms with Crippen molar-refractivity contribution in [3.63, 3.8) is 0 Å². The first-order valence-corrected chi connectivity index (χ1v) is 19.2. The quantitative estimate of drug-likeness (QED) is 0.179. The Bertz CT molecular complexity index is 709. The summed E-state index contributed by atoms with van der Waals surface area (Å²) >= 11 is 14.7. The highest BCUT2D eigenvalue weighted by Gasteiger charge is 2.24. The van der Waals surface area contributed by atoms with Crippen molar-refractivity contribution in [3.8, 4) is 0 Å². The Morgan fingerprint density at radius 3 is 1.56 bits per heavy atom. The summed E-state index contributed by atoms with van der Waals surface area (Å²) in [5, 5.41) is 4.61. The predicted octanol–water partition coefficient (Wildman–Crippen LogP) is 8.45. The third-order valence-corrected chi connectivity index (χ3v) is 16.4. The van der Waals surface area contributed by atoms with Gasteiger partial charge < -0.3 is 0 Å². The van der Waals surface area contributed by atoms with E-state index in [0.29, 0.717) is 9.16 Å². The summed E-state index contributed by atoms with van der Waals surface area (Å²) in [5.74, 6) is 8.34. The van der Waals surface area contributed by atoms with Gasteiger partial charge in [-0.15, -0.1) is 47.0 Å². The third-order valence-electron chi connectivity index (χ3n) is 5.50. The van der Waals surface area contributed by atoms with Crippen LogP contribution in [0.15, 0.2) is 45.9 Å². The first-order valence-electron chi connectivity index (χ1n) is 11.3. The number of hydrogen-bond donors (Lipinski definition) is 0. The molecule has 0 aromatic carbocycles. The number of thioether (sulfide) groups is 8. The lowest BCUT2D eigenvalue weighted by Crippen LogP contribution is -2.18. The molecule has 1 aliphatic carbocycles. The van der Waals surface area contributed by atoms with Crippen molar-refractivity contribution in [2.75, 3.05) is 34.5 Å². The van der Waals surface area contributed by atoms with E-state index in [2.05, 4.69) is 47.5 Å². The van der Waals surface area contributed by atoms with E-state index in [1.54, 1.807) is 0 Å². The van der Waals surface area contributed by atoms with Crippen molar-refractivity contribution in [3.05, 3.63) is 45.9 Å². The van der Waals surface area contributed by atoms with Crippen LogP contribution in [0.5, 0.6) is 0 Å². The molecule has 3 rings (SSSR count). The van der Waals surface area contributed by atoms with Gasteiger partial charge in [0.2, 0.25) is 10.2 Å². The second-order valence-corrected chi connectivity index (χ2v) is 17.6. The van der Waals surface area contributed by atoms with Gasteiger partial charge in [0.1, 0.15) is 0 Å². The van der Waals surface area contributed by atoms with Crippen LogP contribution in [0.1, 0.15) is 25.7 Å². The van der Waals surface area contributed by atoms with Crippen molar-refractivity contribution < 1.29 is 9.59 Å². The maximum Gasteiger partial charge on any atom is 0.211 e. The second kappa shape index (κ2) is 16.8. The second-order valence-electron chi connectivity index (χ2n) is 8.12. The van der Waals surface area contributed by atoms with Crippen LogP contribution in [-0.4, -0.2) is 53.9 Å². The topological polar surface area (TPSA) is 34.1 Å². The van der Waals surface area contributed by atoms with Crippen LogP contribution in [0, 0.1) is 11.8 Å². The zero-order chi connectivity index (χ0) is 24.2. The average Bonchev–Trinajstić information content (AvgIpc) is 3.51. The minimum absolute atomic E-state index is 0.0635. The monoisotopic (exact) mass is 608 g/mol. The smallest absolute Gasteiger partial charge is 0.211 e. The van der Waals surface area contributed by atoms with Gasteiger partial charge in [-0.2, -0.15) is 23.5 Å². The van der Waals surface area contributed by atoms with Crippen LogP contribution in [-0.2, 0) is 9.59 Å². The molecule has 0 bridgehead atoms. The maximum atomic E-state index is 11.4. The zero-order valence-corrected chi connectivity index (χ0v) is 25.7. The summed E-state index contributed by atoms with van der Waals surface area (Å²) in [7, 11) is 0. The molecule has 34 heavy (non-hydrogen) atoms. The normalized spacial score (nSPS) is 26.7. The fourth-order valence-corrected chi connectivity index (χ4v) is 13.8. The molecule has 1 fully saturated rings. The van der Waals surface area contributed by atoms with E-state index < -0.39 is 0 Å². The number of hydrogen-bond acceptors (Lipinski definition) is 10. The number of carbonyl (C=O) groups excluding carboxylic acids is 2. The highest BCUT2D eigenvalue weighted by atomic mass is 32.2. The maximum absolute atomic E-state index is 11.4. The highest BCUT2D eigenvalue weighted by molar-refractivity contribution is 8.25. The van der Waals surface area contributed by atoms with E-state index >= 15 is 0 Å². The van der Waals surface area contributed by atoms with E-state index in [0.717, 1.165) is 23.3 Å². The predicted molar refractivity (Wildman–Crippen MR) is 170 cm³/mol. The van der Waals surface area contributed by atoms with Gasteiger partial charge in [-0.05, 0) is 72.0 Å². The molecule has 188 valence electrons. The molecule has 3 aliphatic rings. The van der Waals surface area contributed by atoms with Crippen LogP contribution >= 0.6 is 94.1 Å². The molecule has 0 aromatic heterocycles. The molecular formula is C24H32O2S8. The Hall–Kier alpha value is 1.10. The van der Waals surface area contributed by atoms with E-state index in [-0.39, 0.29) is 10.2 Å². The molecule has 1 saturated carbocycles. The fourth-order valence-electron chi connectivity index (χ4n) is 3.66. The lowest BCUT2D eigenvalue weighted by atomic mass is 9.84. The van der Waals surface area contributed by atoms with Crippen LogP contribution in [0.3, 0.4) is 0 Å². The van der Waals surface area contributed by atoms with Gasteiger partial charge >= 0.3 is 0 Å². The molecule has 0 N–H and O–H groups in total. The SMILES string of the molecule is C=CC(=O)SCC1=CSC(CSCC2CCC(CSCC3SC=C(CSC(=O)C=C)S3)CC2)S1. The fraction of sp³-hybridized carbons (Fsp3) is 0.583. The van der Waals surface area contributed by atoms with Crippen molar-refractivity contribution in [2.24, 2.45) is 11.8 Å². The Balaban J connectivity index is 1.17. The Kier molecular flexibility index (Phi) is 14.7. The van der Waals surface area contributed by atoms with E-state index in [9.17, 15) is 9.59 Å². The van der Waals surface area contributed by atoms with Crippen LogP contribution in [0.25, 0.3) is 0 Å². The molecule has 0 saturated heterocycles. The van der Waals surface area contributed by atoms with Crippen molar-refractivity contribution in [2.45, 2.75) is 34.8 Å². The van der Waals surface area contributed by atoms with Gasteiger partial charge in [-0.1, -0.05) is 36.7 Å². The minimum Gasteiger partial charge on any atom is -0.282 e. The average molecular weight is 609 g/mol. The van der Waals surface area contributed by atoms with Gasteiger partial charge in [0, 0.05) is 32.8 Å². The summed E-state index contributed by atoms with van der Waals surface area (Å²) < 4.78 is 1.21. The molecule has 2 atom stereocenters. The molecule has 2 aliphatic heterocycles. The molecule has 0 aromatic rings. The van der Waals surface area contributed by atoms with Gasteiger partial charge in [0.15, 0.2) is 0 Å². The van der Waals surface area contributed by atoms with Crippen molar-refractivity contribution in [1.29, 1.82) is 0 Å². The van der Waals surface area contributed by atoms with E-state index in [4.69, 9.17) is 0 Å². The molecule has 10 heteroatoms. The van der Waals surface area contributed by atoms with Crippen LogP contribution < -0.4 is 0 Å². The molecule has 0 radical (unpaired) electrons. The standard InChI is InChI=1S/C24H32O2S8/c1-3-21(25)29-11-19-13-31-23(33-19)15-27-9-17-5-7-18(8-6-17)10-28-16-24-32-14-20(34-24)12-30-22(26)4-2/h3-4,13-14,17-18,23-24H,1-2,5-12,15-16H2. The summed E-state index contributed by atoms with van der Waals surface area (Å²) in [5.41, 5.74) is 0. The molecular weight excluding hydrogens is 577 g/mol. The molecule has 2 nitrogen and oxygen atoms in total. The zero-order valence-electron chi connectivity index (χ0n) is 19.2. The Morgan fingerprint density at radius 2 is 1.18 bits per heavy atom. The first kappa shape index (κ1) is 29.7. The lowest BCUT2D eigenvalue weighted by Gasteiger charge is -2.28. The molecule has 2 heterocycles. The minimum atomic E-state index is 0.0635. The van der Waals surface area contributed by atoms with Gasteiger partial charge in [-0.25, -0.2) is 0 Å². The number of rotatable bonds is 14.